The van der Waals surface area contributed by atoms with Crippen molar-refractivity contribution in [1.29, 1.82) is 0 Å². The summed E-state index contributed by atoms with van der Waals surface area (Å²) in [6.45, 7) is 2.39. The van der Waals surface area contributed by atoms with E-state index in [1.54, 1.807) is 24.2 Å². The third-order valence-corrected chi connectivity index (χ3v) is 3.04. The third kappa shape index (κ3) is 3.45. The summed E-state index contributed by atoms with van der Waals surface area (Å²) in [7, 11) is 1.82. The number of carbonyl (C=O) groups is 1. The number of halogens is 2. The van der Waals surface area contributed by atoms with Gasteiger partial charge >= 0.3 is 5.97 Å². The van der Waals surface area contributed by atoms with Crippen molar-refractivity contribution in [2.75, 3.05) is 25.1 Å². The first-order chi connectivity index (χ1) is 7.56. The van der Waals surface area contributed by atoms with Gasteiger partial charge in [0.2, 0.25) is 0 Å². The number of hydrogen-bond acceptors (Lipinski definition) is 4. The monoisotopic (exact) mass is 350 g/mol. The van der Waals surface area contributed by atoms with Crippen LogP contribution in [-0.2, 0) is 9.53 Å². The maximum absolute atomic E-state index is 11.3. The van der Waals surface area contributed by atoms with E-state index in [1.807, 2.05) is 7.05 Å². The minimum atomic E-state index is -0.249. The van der Waals surface area contributed by atoms with Crippen LogP contribution in [0.15, 0.2) is 21.3 Å². The van der Waals surface area contributed by atoms with Crippen LogP contribution in [0.4, 0.5) is 5.69 Å². The fourth-order valence-electron chi connectivity index (χ4n) is 1.25. The molecule has 0 unspecified atom stereocenters. The van der Waals surface area contributed by atoms with Gasteiger partial charge in [0, 0.05) is 19.4 Å². The number of nitrogens with zero attached hydrogens (tertiary/aromatic N) is 2. The second kappa shape index (κ2) is 6.20. The lowest BCUT2D eigenvalue weighted by Gasteiger charge is -2.20. The lowest BCUT2D eigenvalue weighted by molar-refractivity contribution is -0.141. The van der Waals surface area contributed by atoms with Crippen molar-refractivity contribution in [3.63, 3.8) is 0 Å². The third-order valence-electron chi connectivity index (χ3n) is 1.88. The molecule has 0 amide bonds. The van der Waals surface area contributed by atoms with Crippen molar-refractivity contribution in [3.05, 3.63) is 21.3 Å². The normalized spacial score (nSPS) is 10.0. The van der Waals surface area contributed by atoms with Gasteiger partial charge in [0.15, 0.2) is 0 Å². The highest BCUT2D eigenvalue weighted by atomic mass is 79.9. The van der Waals surface area contributed by atoms with E-state index in [2.05, 4.69) is 36.8 Å². The molecule has 0 saturated heterocycles. The zero-order valence-electron chi connectivity index (χ0n) is 9.04. The van der Waals surface area contributed by atoms with Crippen LogP contribution in [0.25, 0.3) is 0 Å². The molecule has 0 radical (unpaired) electrons. The van der Waals surface area contributed by atoms with E-state index in [-0.39, 0.29) is 12.5 Å². The largest absolute Gasteiger partial charge is 0.465 e. The second-order valence-electron chi connectivity index (χ2n) is 3.11. The summed E-state index contributed by atoms with van der Waals surface area (Å²) in [4.78, 5) is 17.1. The van der Waals surface area contributed by atoms with Crippen LogP contribution in [0, 0.1) is 0 Å². The highest BCUT2D eigenvalue weighted by Gasteiger charge is 2.14. The molecule has 88 valence electrons. The topological polar surface area (TPSA) is 42.4 Å². The molecule has 1 rings (SSSR count). The summed E-state index contributed by atoms with van der Waals surface area (Å²) in [6.07, 6.45) is 3.36. The number of carbonyl (C=O) groups excluding carboxylic acids is 1. The van der Waals surface area contributed by atoms with Gasteiger partial charge in [0.25, 0.3) is 0 Å². The van der Waals surface area contributed by atoms with Crippen LogP contribution >= 0.6 is 31.9 Å². The number of aromatic nitrogens is 1. The molecule has 0 atom stereocenters. The number of likely N-dealkylation sites (N-methyl/N-ethyl adjacent to an activating group) is 1. The van der Waals surface area contributed by atoms with Gasteiger partial charge in [-0.3, -0.25) is 9.78 Å². The number of pyridine rings is 1. The minimum Gasteiger partial charge on any atom is -0.465 e. The van der Waals surface area contributed by atoms with E-state index in [0.29, 0.717) is 6.61 Å². The predicted molar refractivity (Wildman–Crippen MR) is 69.5 cm³/mol. The minimum absolute atomic E-state index is 0.203. The van der Waals surface area contributed by atoms with Gasteiger partial charge in [0.05, 0.1) is 21.2 Å². The summed E-state index contributed by atoms with van der Waals surface area (Å²) in [5.41, 5.74) is 0.878. The van der Waals surface area contributed by atoms with Crippen LogP contribution in [-0.4, -0.2) is 31.2 Å². The molecule has 0 bridgehead atoms. The van der Waals surface area contributed by atoms with Gasteiger partial charge in [-0.1, -0.05) is 0 Å². The first kappa shape index (κ1) is 13.4. The number of rotatable bonds is 4. The summed E-state index contributed by atoms with van der Waals surface area (Å²) >= 11 is 6.78. The van der Waals surface area contributed by atoms with Gasteiger partial charge in [-0.15, -0.1) is 0 Å². The Balaban J connectivity index is 2.80. The molecular weight excluding hydrogens is 340 g/mol. The van der Waals surface area contributed by atoms with E-state index in [0.717, 1.165) is 14.6 Å². The molecule has 1 aromatic heterocycles. The number of anilines is 1. The van der Waals surface area contributed by atoms with Gasteiger partial charge in [-0.05, 0) is 38.8 Å². The summed E-state index contributed by atoms with van der Waals surface area (Å²) in [6, 6.07) is 0. The maximum Gasteiger partial charge on any atom is 0.325 e. The van der Waals surface area contributed by atoms with Crippen molar-refractivity contribution >= 4 is 43.5 Å². The second-order valence-corrected chi connectivity index (χ2v) is 4.82. The lowest BCUT2D eigenvalue weighted by atomic mass is 10.3. The molecule has 0 aliphatic heterocycles. The van der Waals surface area contributed by atoms with E-state index in [4.69, 9.17) is 4.74 Å². The predicted octanol–water partition coefficient (Wildman–Crippen LogP) is 2.61. The highest BCUT2D eigenvalue weighted by Crippen LogP contribution is 2.32. The lowest BCUT2D eigenvalue weighted by Crippen LogP contribution is -2.27. The Morgan fingerprint density at radius 1 is 1.44 bits per heavy atom. The Morgan fingerprint density at radius 3 is 2.50 bits per heavy atom. The van der Waals surface area contributed by atoms with Gasteiger partial charge in [0.1, 0.15) is 6.54 Å². The molecule has 0 N–H and O–H groups in total. The van der Waals surface area contributed by atoms with Crippen molar-refractivity contribution in [1.82, 2.24) is 4.98 Å². The number of hydrogen-bond donors (Lipinski definition) is 0. The van der Waals surface area contributed by atoms with Crippen LogP contribution in [0.2, 0.25) is 0 Å². The molecule has 16 heavy (non-hydrogen) atoms. The van der Waals surface area contributed by atoms with E-state index in [1.165, 1.54) is 0 Å². The first-order valence-electron chi connectivity index (χ1n) is 4.72. The molecule has 0 fully saturated rings. The SMILES string of the molecule is CCOC(=O)CN(C)c1c(Br)cncc1Br. The molecule has 0 spiro atoms. The van der Waals surface area contributed by atoms with E-state index in [9.17, 15) is 4.79 Å². The Morgan fingerprint density at radius 2 is 2.00 bits per heavy atom. The van der Waals surface area contributed by atoms with Crippen LogP contribution in [0.1, 0.15) is 6.92 Å². The molecule has 0 saturated carbocycles. The molecular formula is C10H12Br2N2O2. The standard InChI is InChI=1S/C10H12Br2N2O2/c1-3-16-9(15)6-14(2)10-7(11)4-13-5-8(10)12/h4-5H,3,6H2,1-2H3. The van der Waals surface area contributed by atoms with Gasteiger partial charge < -0.3 is 9.64 Å². The molecule has 6 heteroatoms. The zero-order chi connectivity index (χ0) is 12.1. The summed E-state index contributed by atoms with van der Waals surface area (Å²) < 4.78 is 6.54. The van der Waals surface area contributed by atoms with Crippen molar-refractivity contribution in [2.24, 2.45) is 0 Å². The highest BCUT2D eigenvalue weighted by molar-refractivity contribution is 9.11. The number of esters is 1. The molecule has 1 aromatic rings. The van der Waals surface area contributed by atoms with Crippen LogP contribution in [0.5, 0.6) is 0 Å². The summed E-state index contributed by atoms with van der Waals surface area (Å²) in [5, 5.41) is 0. The fraction of sp³-hybridized carbons (Fsp3) is 0.400. The molecule has 1 heterocycles. The molecule has 0 aliphatic carbocycles. The van der Waals surface area contributed by atoms with Crippen molar-refractivity contribution in [3.8, 4) is 0 Å². The Hall–Kier alpha value is -0.620. The fourth-order valence-corrected chi connectivity index (χ4v) is 2.78. The average Bonchev–Trinajstić information content (AvgIpc) is 2.17. The van der Waals surface area contributed by atoms with Crippen molar-refractivity contribution in [2.45, 2.75) is 6.92 Å². The first-order valence-corrected chi connectivity index (χ1v) is 6.30. The van der Waals surface area contributed by atoms with E-state index >= 15 is 0 Å². The molecule has 0 aromatic carbocycles. The van der Waals surface area contributed by atoms with E-state index < -0.39 is 0 Å². The summed E-state index contributed by atoms with van der Waals surface area (Å²) in [5.74, 6) is -0.249. The van der Waals surface area contributed by atoms with Gasteiger partial charge in [-0.25, -0.2) is 0 Å². The quantitative estimate of drug-likeness (QED) is 0.782. The van der Waals surface area contributed by atoms with Crippen LogP contribution in [0.3, 0.4) is 0 Å². The maximum atomic E-state index is 11.3. The Bertz CT molecular complexity index is 365. The van der Waals surface area contributed by atoms with Crippen molar-refractivity contribution < 1.29 is 9.53 Å². The molecule has 4 nitrogen and oxygen atoms in total. The smallest absolute Gasteiger partial charge is 0.325 e. The van der Waals surface area contributed by atoms with Gasteiger partial charge in [-0.2, -0.15) is 0 Å². The Kier molecular flexibility index (Phi) is 5.21. The molecule has 0 aliphatic rings. The average molecular weight is 352 g/mol. The Labute approximate surface area is 111 Å². The zero-order valence-corrected chi connectivity index (χ0v) is 12.2. The number of ether oxygens (including phenoxy) is 1. The van der Waals surface area contributed by atoms with Crippen LogP contribution < -0.4 is 4.90 Å².